The Balaban J connectivity index is 1.20. The van der Waals surface area contributed by atoms with Crippen molar-refractivity contribution in [2.24, 2.45) is 5.73 Å². The van der Waals surface area contributed by atoms with E-state index < -0.39 is 89.4 Å². The number of nitrogens with one attached hydrogen (secondary N) is 1. The molecule has 0 aliphatic carbocycles. The van der Waals surface area contributed by atoms with Crippen molar-refractivity contribution in [2.45, 2.75) is 49.1 Å². The average molecular weight is 702 g/mol. The predicted molar refractivity (Wildman–Crippen MR) is 148 cm³/mol. The van der Waals surface area contributed by atoms with Gasteiger partial charge in [-0.05, 0) is 0 Å². The summed E-state index contributed by atoms with van der Waals surface area (Å²) in [4.78, 5) is 67.5. The monoisotopic (exact) mass is 702 g/mol. The van der Waals surface area contributed by atoms with Gasteiger partial charge in [-0.15, -0.1) is 0 Å². The van der Waals surface area contributed by atoms with Crippen LogP contribution in [0.2, 0.25) is 0 Å². The molecule has 3 aliphatic heterocycles. The van der Waals surface area contributed by atoms with Crippen molar-refractivity contribution < 1.29 is 61.5 Å². The van der Waals surface area contributed by atoms with Crippen LogP contribution in [0.15, 0.2) is 23.8 Å². The van der Waals surface area contributed by atoms with Gasteiger partial charge in [0.05, 0.1) is 25.9 Å². The molecule has 252 valence electrons. The molecule has 3 saturated heterocycles. The summed E-state index contributed by atoms with van der Waals surface area (Å²) in [6, 6.07) is 0. The molecule has 4 aromatic heterocycles. The number of carbonyl (C=O) groups is 1. The Labute approximate surface area is 259 Å². The molecule has 3 aliphatic rings. The first-order valence-electron chi connectivity index (χ1n) is 13.4. The normalized spacial score (nSPS) is 36.5. The molecule has 7 heterocycles. The van der Waals surface area contributed by atoms with Gasteiger partial charge in [-0.2, -0.15) is 4.98 Å². The Hall–Kier alpha value is -3.77. The van der Waals surface area contributed by atoms with E-state index in [0.29, 0.717) is 0 Å². The topological polar surface area (TPSA) is 347 Å². The van der Waals surface area contributed by atoms with Crippen molar-refractivity contribution in [2.75, 3.05) is 18.9 Å². The fraction of sp³-hybridized carbons (Fsp3) is 0.476. The number of carbonyl (C=O) groups excluding carboxylic acids is 1. The van der Waals surface area contributed by atoms with Crippen molar-refractivity contribution in [3.8, 4) is 0 Å². The molecule has 1 amide bonds. The van der Waals surface area contributed by atoms with E-state index in [-0.39, 0.29) is 34.0 Å². The third kappa shape index (κ3) is 5.62. The number of aromatic nitrogens is 8. The number of ether oxygens (including phenoxy) is 2. The first kappa shape index (κ1) is 31.8. The maximum Gasteiger partial charge on any atom is 0.472 e. The van der Waals surface area contributed by atoms with Crippen LogP contribution in [0.3, 0.4) is 0 Å². The van der Waals surface area contributed by atoms with Crippen molar-refractivity contribution >= 4 is 49.8 Å². The van der Waals surface area contributed by atoms with E-state index in [2.05, 4.69) is 29.9 Å². The number of rotatable bonds is 3. The highest BCUT2D eigenvalue weighted by Crippen LogP contribution is 2.53. The van der Waals surface area contributed by atoms with Crippen LogP contribution in [0.5, 0.6) is 0 Å². The zero-order valence-corrected chi connectivity index (χ0v) is 25.1. The fourth-order valence-corrected chi connectivity index (χ4v) is 7.36. The SMILES string of the molecule is NC(=O)c1ncnc2c1ncn2[C@@H]1O[C@@H]2COP(=O)(O)O[C@@H]3[C@H](O)[C@@H](COP(=O)(O)O[C@H]2[C@H]1O)O[C@H]3n1cnc2c(=O)[nH]c(N)nc21. The summed E-state index contributed by atoms with van der Waals surface area (Å²) in [6.45, 7) is -1.74. The number of imidazole rings is 2. The lowest BCUT2D eigenvalue weighted by molar-refractivity contribution is -0.0672. The molecule has 47 heavy (non-hydrogen) atoms. The summed E-state index contributed by atoms with van der Waals surface area (Å²) in [5, 5.41) is 22.2. The van der Waals surface area contributed by atoms with Crippen molar-refractivity contribution in [1.29, 1.82) is 0 Å². The van der Waals surface area contributed by atoms with E-state index in [1.165, 1.54) is 0 Å². The highest BCUT2D eigenvalue weighted by molar-refractivity contribution is 7.47. The van der Waals surface area contributed by atoms with Gasteiger partial charge in [0.15, 0.2) is 35.0 Å². The van der Waals surface area contributed by atoms with E-state index in [9.17, 15) is 38.7 Å². The molecule has 0 saturated carbocycles. The maximum atomic E-state index is 13.2. The lowest BCUT2D eigenvalue weighted by Crippen LogP contribution is -2.36. The van der Waals surface area contributed by atoms with Gasteiger partial charge in [0.25, 0.3) is 11.5 Å². The number of aliphatic hydroxyl groups is 2. The number of hydrogen-bond donors (Lipinski definition) is 7. The Morgan fingerprint density at radius 2 is 1.49 bits per heavy atom. The smallest absolute Gasteiger partial charge is 0.387 e. The second kappa shape index (κ2) is 11.4. The molecule has 26 heteroatoms. The second-order valence-corrected chi connectivity index (χ2v) is 13.3. The van der Waals surface area contributed by atoms with Gasteiger partial charge in [0.2, 0.25) is 5.95 Å². The molecule has 7 rings (SSSR count). The van der Waals surface area contributed by atoms with Crippen LogP contribution in [0.1, 0.15) is 22.9 Å². The predicted octanol–water partition coefficient (Wildman–Crippen LogP) is -2.82. The zero-order valence-electron chi connectivity index (χ0n) is 23.3. The van der Waals surface area contributed by atoms with Gasteiger partial charge in [-0.25, -0.2) is 29.1 Å². The number of nitrogens with zero attached hydrogens (tertiary/aromatic N) is 7. The summed E-state index contributed by atoms with van der Waals surface area (Å²) >= 11 is 0. The van der Waals surface area contributed by atoms with Gasteiger partial charge in [-0.3, -0.25) is 41.8 Å². The summed E-state index contributed by atoms with van der Waals surface area (Å²) in [5.41, 5.74) is 9.64. The lowest BCUT2D eigenvalue weighted by atomic mass is 10.1. The zero-order chi connectivity index (χ0) is 33.4. The van der Waals surface area contributed by atoms with E-state index in [4.69, 9.17) is 39.0 Å². The molecular weight excluding hydrogens is 678 g/mol. The molecule has 0 radical (unpaired) electrons. The van der Waals surface area contributed by atoms with Crippen LogP contribution in [-0.2, 0) is 36.7 Å². The highest BCUT2D eigenvalue weighted by Gasteiger charge is 2.54. The number of amides is 1. The number of phosphoric acid groups is 2. The van der Waals surface area contributed by atoms with Gasteiger partial charge < -0.3 is 40.9 Å². The Morgan fingerprint density at radius 3 is 2.19 bits per heavy atom. The van der Waals surface area contributed by atoms with Crippen LogP contribution in [0.25, 0.3) is 22.3 Å². The number of primary amides is 1. The van der Waals surface area contributed by atoms with Gasteiger partial charge in [0, 0.05) is 0 Å². The maximum absolute atomic E-state index is 13.2. The third-order valence-electron chi connectivity index (χ3n) is 7.53. The number of H-pyrrole nitrogens is 1. The van der Waals surface area contributed by atoms with Crippen molar-refractivity contribution in [1.82, 2.24) is 39.0 Å². The van der Waals surface area contributed by atoms with E-state index in [0.717, 1.165) is 28.1 Å². The van der Waals surface area contributed by atoms with Crippen molar-refractivity contribution in [3.63, 3.8) is 0 Å². The van der Waals surface area contributed by atoms with Crippen molar-refractivity contribution in [3.05, 3.63) is 35.0 Å². The Bertz CT molecular complexity index is 2040. The number of aromatic amines is 1. The average Bonchev–Trinajstić information content (AvgIpc) is 3.76. The molecule has 4 aromatic rings. The van der Waals surface area contributed by atoms with Crippen LogP contribution in [-0.4, -0.2) is 115 Å². The first-order chi connectivity index (χ1) is 22.2. The van der Waals surface area contributed by atoms with Crippen LogP contribution >= 0.6 is 15.6 Å². The number of fused-ring (bicyclic) bond motifs is 5. The molecule has 2 bridgehead atoms. The third-order valence-corrected chi connectivity index (χ3v) is 9.50. The quantitative estimate of drug-likeness (QED) is 0.106. The summed E-state index contributed by atoms with van der Waals surface area (Å²) < 4.78 is 60.9. The van der Waals surface area contributed by atoms with E-state index in [1.807, 2.05) is 0 Å². The molecular formula is C21H24N10O14P2. The summed E-state index contributed by atoms with van der Waals surface area (Å²) in [5.74, 6) is -1.21. The number of nitrogens with two attached hydrogens (primary N) is 2. The number of aliphatic hydroxyl groups excluding tert-OH is 2. The molecule has 0 spiro atoms. The molecule has 0 aromatic carbocycles. The first-order valence-corrected chi connectivity index (χ1v) is 16.4. The Kier molecular flexibility index (Phi) is 7.74. The molecule has 24 nitrogen and oxygen atoms in total. The summed E-state index contributed by atoms with van der Waals surface area (Å²) in [6.07, 6.45) is -9.89. The standard InChI is InChI=1S/C21H24N10O14P2/c22-15(34)8-9-16(25-3-24-8)30(4-26-9)19-12(33)13-7(43-19)2-41-47(38,39)45-14-11(32)6(1-40-46(36,37)44-13)42-20(14)31-5-27-10-17(31)28-21(23)29-18(10)35/h3-7,11-14,19-20,32-33H,1-2H2,(H2,22,34)(H,36,37)(H,38,39)(H3,23,28,29,35)/t6-,7-,11-,12-,13-,14-,19-,20-/m1/s1. The van der Waals surface area contributed by atoms with Gasteiger partial charge >= 0.3 is 15.6 Å². The molecule has 2 unspecified atom stereocenters. The minimum Gasteiger partial charge on any atom is -0.387 e. The number of nitrogen functional groups attached to an aromatic ring is 1. The minimum atomic E-state index is -5.16. The van der Waals surface area contributed by atoms with Gasteiger partial charge in [0.1, 0.15) is 48.5 Å². The minimum absolute atomic E-state index is 0.0221. The number of phosphoric ester groups is 2. The number of hydrogen-bond acceptors (Lipinski definition) is 18. The van der Waals surface area contributed by atoms with Crippen LogP contribution in [0.4, 0.5) is 5.95 Å². The summed E-state index contributed by atoms with van der Waals surface area (Å²) in [7, 11) is -10.3. The van der Waals surface area contributed by atoms with Crippen LogP contribution < -0.4 is 17.0 Å². The number of anilines is 1. The molecule has 3 fully saturated rings. The van der Waals surface area contributed by atoms with Crippen LogP contribution in [0, 0.1) is 0 Å². The molecule has 10 atom stereocenters. The fourth-order valence-electron chi connectivity index (χ4n) is 5.46. The van der Waals surface area contributed by atoms with Gasteiger partial charge in [-0.1, -0.05) is 0 Å². The largest absolute Gasteiger partial charge is 0.472 e. The Morgan fingerprint density at radius 1 is 0.872 bits per heavy atom. The second-order valence-electron chi connectivity index (χ2n) is 10.5. The lowest BCUT2D eigenvalue weighted by Gasteiger charge is -2.25. The highest BCUT2D eigenvalue weighted by atomic mass is 31.2. The van der Waals surface area contributed by atoms with E-state index in [1.54, 1.807) is 0 Å². The van der Waals surface area contributed by atoms with E-state index >= 15 is 0 Å². The molecule has 9 N–H and O–H groups in total.